The van der Waals surface area contributed by atoms with E-state index in [2.05, 4.69) is 5.32 Å². The Morgan fingerprint density at radius 3 is 2.14 bits per heavy atom. The first-order chi connectivity index (χ1) is 20.0. The van der Waals surface area contributed by atoms with Crippen molar-refractivity contribution in [3.05, 3.63) is 99.0 Å². The number of anilines is 1. The molecular formula is C31H34Cl3N3O4S. The molecule has 0 spiro atoms. The molecule has 0 saturated heterocycles. The molecule has 0 aliphatic heterocycles. The first kappa shape index (κ1) is 32.1. The second-order valence-electron chi connectivity index (χ2n) is 10.6. The van der Waals surface area contributed by atoms with E-state index >= 15 is 0 Å². The zero-order valence-corrected chi connectivity index (χ0v) is 26.4. The lowest BCUT2D eigenvalue weighted by atomic mass is 9.94. The second kappa shape index (κ2) is 14.6. The molecule has 1 aliphatic carbocycles. The Hall–Kier alpha value is -2.78. The van der Waals surface area contributed by atoms with Crippen molar-refractivity contribution in [3.63, 3.8) is 0 Å². The molecule has 4 rings (SSSR count). The molecule has 3 aromatic carbocycles. The molecule has 1 N–H and O–H groups in total. The summed E-state index contributed by atoms with van der Waals surface area (Å²) in [6.45, 7) is -0.493. The zero-order chi connectivity index (χ0) is 30.3. The van der Waals surface area contributed by atoms with Gasteiger partial charge in [0.15, 0.2) is 0 Å². The van der Waals surface area contributed by atoms with Crippen LogP contribution in [0.3, 0.4) is 0 Å². The van der Waals surface area contributed by atoms with Crippen molar-refractivity contribution in [3.8, 4) is 0 Å². The number of carbonyl (C=O) groups is 2. The molecule has 11 heteroatoms. The Morgan fingerprint density at radius 1 is 0.881 bits per heavy atom. The molecule has 0 radical (unpaired) electrons. The molecule has 7 nitrogen and oxygen atoms in total. The van der Waals surface area contributed by atoms with Crippen LogP contribution in [0.2, 0.25) is 15.1 Å². The molecule has 224 valence electrons. The van der Waals surface area contributed by atoms with E-state index in [9.17, 15) is 18.0 Å². The van der Waals surface area contributed by atoms with Gasteiger partial charge in [0.1, 0.15) is 12.6 Å². The first-order valence-corrected chi connectivity index (χ1v) is 16.8. The summed E-state index contributed by atoms with van der Waals surface area (Å²) in [6, 6.07) is 20.0. The van der Waals surface area contributed by atoms with E-state index in [0.29, 0.717) is 10.0 Å². The van der Waals surface area contributed by atoms with Crippen LogP contribution >= 0.6 is 34.8 Å². The molecule has 1 aliphatic rings. The Bertz CT molecular complexity index is 1480. The number of sulfonamides is 1. The number of rotatable bonds is 11. The molecule has 1 unspecified atom stereocenters. The van der Waals surface area contributed by atoms with Crippen LogP contribution in [0.4, 0.5) is 5.69 Å². The Morgan fingerprint density at radius 2 is 1.52 bits per heavy atom. The summed E-state index contributed by atoms with van der Waals surface area (Å²) < 4.78 is 26.8. The van der Waals surface area contributed by atoms with Gasteiger partial charge in [-0.1, -0.05) is 96.5 Å². The second-order valence-corrected chi connectivity index (χ2v) is 13.7. The van der Waals surface area contributed by atoms with E-state index in [1.54, 1.807) is 24.3 Å². The van der Waals surface area contributed by atoms with E-state index in [-0.39, 0.29) is 35.6 Å². The monoisotopic (exact) mass is 649 g/mol. The van der Waals surface area contributed by atoms with E-state index in [1.807, 2.05) is 30.3 Å². The minimum absolute atomic E-state index is 0.0254. The predicted molar refractivity (Wildman–Crippen MR) is 170 cm³/mol. The van der Waals surface area contributed by atoms with Crippen LogP contribution in [-0.2, 0) is 32.6 Å². The topological polar surface area (TPSA) is 86.8 Å². The van der Waals surface area contributed by atoms with Crippen molar-refractivity contribution in [1.82, 2.24) is 10.2 Å². The maximum absolute atomic E-state index is 14.2. The number of hydrogen-bond acceptors (Lipinski definition) is 4. The highest BCUT2D eigenvalue weighted by atomic mass is 35.5. The predicted octanol–water partition coefficient (Wildman–Crippen LogP) is 6.50. The highest BCUT2D eigenvalue weighted by Crippen LogP contribution is 2.31. The van der Waals surface area contributed by atoms with Crippen molar-refractivity contribution in [2.45, 2.75) is 57.2 Å². The molecule has 0 aromatic heterocycles. The third kappa shape index (κ3) is 8.86. The van der Waals surface area contributed by atoms with Gasteiger partial charge in [-0.2, -0.15) is 0 Å². The lowest BCUT2D eigenvalue weighted by molar-refractivity contribution is -0.140. The van der Waals surface area contributed by atoms with Gasteiger partial charge in [0.2, 0.25) is 21.8 Å². The van der Waals surface area contributed by atoms with E-state index < -0.39 is 28.5 Å². The van der Waals surface area contributed by atoms with E-state index in [1.165, 1.54) is 23.1 Å². The van der Waals surface area contributed by atoms with Gasteiger partial charge in [0, 0.05) is 29.1 Å². The molecule has 0 bridgehead atoms. The Balaban J connectivity index is 1.73. The largest absolute Gasteiger partial charge is 0.352 e. The molecule has 3 aromatic rings. The number of hydrogen-bond donors (Lipinski definition) is 1. The van der Waals surface area contributed by atoms with Gasteiger partial charge in [-0.15, -0.1) is 0 Å². The van der Waals surface area contributed by atoms with Crippen molar-refractivity contribution < 1.29 is 18.0 Å². The molecule has 2 amide bonds. The van der Waals surface area contributed by atoms with Crippen LogP contribution in [0.15, 0.2) is 72.8 Å². The molecule has 1 fully saturated rings. The summed E-state index contributed by atoms with van der Waals surface area (Å²) in [5.41, 5.74) is 1.73. The summed E-state index contributed by atoms with van der Waals surface area (Å²) in [7, 11) is -3.95. The average Bonchev–Trinajstić information content (AvgIpc) is 2.95. The van der Waals surface area contributed by atoms with Crippen molar-refractivity contribution >= 4 is 62.3 Å². The standard InChI is InChI=1S/C31H34Cl3N3O4S/c1-42(40,41)37(28-17-16-25(33)19-27(28)34)21-30(38)36(20-23-12-14-24(32)15-13-23)29(18-22-8-4-2-5-9-22)31(39)35-26-10-6-3-7-11-26/h2,4-5,8-9,12-17,19,26,29H,3,6-7,10-11,18,20-21H2,1H3,(H,35,39). The summed E-state index contributed by atoms with van der Waals surface area (Å²) in [4.78, 5) is 29.6. The molecule has 42 heavy (non-hydrogen) atoms. The minimum Gasteiger partial charge on any atom is -0.352 e. The normalized spacial score (nSPS) is 14.7. The number of nitrogens with one attached hydrogen (secondary N) is 1. The number of halogens is 3. The van der Waals surface area contributed by atoms with Crippen molar-refractivity contribution in [2.24, 2.45) is 0 Å². The van der Waals surface area contributed by atoms with Crippen LogP contribution < -0.4 is 9.62 Å². The lowest BCUT2D eigenvalue weighted by Crippen LogP contribution is -2.55. The SMILES string of the molecule is CS(=O)(=O)N(CC(=O)N(Cc1ccc(Cl)cc1)C(Cc1ccccc1)C(=O)NC1CCCCC1)c1ccc(Cl)cc1Cl. The quantitative estimate of drug-likeness (QED) is 0.257. The van der Waals surface area contributed by atoms with Crippen LogP contribution in [0.5, 0.6) is 0 Å². The Labute approximate surface area is 262 Å². The van der Waals surface area contributed by atoms with Crippen LogP contribution in [0.1, 0.15) is 43.2 Å². The third-order valence-corrected chi connectivity index (χ3v) is 9.26. The van der Waals surface area contributed by atoms with Crippen LogP contribution in [-0.4, -0.2) is 50.0 Å². The zero-order valence-electron chi connectivity index (χ0n) is 23.3. The fourth-order valence-corrected chi connectivity index (χ4v) is 6.71. The van der Waals surface area contributed by atoms with Gasteiger partial charge < -0.3 is 10.2 Å². The minimum atomic E-state index is -3.95. The summed E-state index contributed by atoms with van der Waals surface area (Å²) in [5, 5.41) is 4.13. The van der Waals surface area contributed by atoms with Crippen molar-refractivity contribution in [1.29, 1.82) is 0 Å². The highest BCUT2D eigenvalue weighted by molar-refractivity contribution is 7.92. The van der Waals surface area contributed by atoms with Gasteiger partial charge in [0.05, 0.1) is 17.0 Å². The van der Waals surface area contributed by atoms with Crippen LogP contribution in [0.25, 0.3) is 0 Å². The van der Waals surface area contributed by atoms with Gasteiger partial charge in [-0.05, 0) is 54.3 Å². The fraction of sp³-hybridized carbons (Fsp3) is 0.355. The van der Waals surface area contributed by atoms with Gasteiger partial charge in [-0.25, -0.2) is 8.42 Å². The summed E-state index contributed by atoms with van der Waals surface area (Å²) in [6.07, 6.45) is 6.22. The third-order valence-electron chi connectivity index (χ3n) is 7.35. The maximum Gasteiger partial charge on any atom is 0.244 e. The van der Waals surface area contributed by atoms with Gasteiger partial charge >= 0.3 is 0 Å². The van der Waals surface area contributed by atoms with Gasteiger partial charge in [-0.3, -0.25) is 13.9 Å². The number of amides is 2. The van der Waals surface area contributed by atoms with E-state index in [4.69, 9.17) is 34.8 Å². The lowest BCUT2D eigenvalue weighted by Gasteiger charge is -2.35. The fourth-order valence-electron chi connectivity index (χ4n) is 5.16. The summed E-state index contributed by atoms with van der Waals surface area (Å²) >= 11 is 18.5. The molecular weight excluding hydrogens is 617 g/mol. The van der Waals surface area contributed by atoms with Crippen LogP contribution in [0, 0.1) is 0 Å². The first-order valence-electron chi connectivity index (χ1n) is 13.8. The van der Waals surface area contributed by atoms with E-state index in [0.717, 1.165) is 53.8 Å². The van der Waals surface area contributed by atoms with Gasteiger partial charge in [0.25, 0.3) is 0 Å². The smallest absolute Gasteiger partial charge is 0.244 e. The van der Waals surface area contributed by atoms with Crippen molar-refractivity contribution in [2.75, 3.05) is 17.1 Å². The number of benzene rings is 3. The molecule has 0 heterocycles. The molecule has 1 saturated carbocycles. The Kier molecular flexibility index (Phi) is 11.2. The summed E-state index contributed by atoms with van der Waals surface area (Å²) in [5.74, 6) is -0.829. The number of carbonyl (C=O) groups excluding carboxylic acids is 2. The molecule has 1 atom stereocenters. The number of nitrogens with zero attached hydrogens (tertiary/aromatic N) is 2. The average molecular weight is 651 g/mol. The maximum atomic E-state index is 14.2. The highest BCUT2D eigenvalue weighted by Gasteiger charge is 2.34.